The van der Waals surface area contributed by atoms with Gasteiger partial charge in [-0.25, -0.2) is 9.78 Å². The maximum Gasteiger partial charge on any atom is 0.356 e. The summed E-state index contributed by atoms with van der Waals surface area (Å²) < 4.78 is 2.02. The molecule has 0 fully saturated rings. The van der Waals surface area contributed by atoms with Crippen LogP contribution in [0.25, 0.3) is 11.4 Å². The standard InChI is InChI=1S/C15H15ClN2O2/c1-9-5-6-18-12(7-9)13(15(19)20)17-14(18)10-3-2-4-11(16)8-10/h2-4,8-9H,5-7H2,1H3,(H,19,20). The average Bonchev–Trinajstić information content (AvgIpc) is 2.77. The van der Waals surface area contributed by atoms with E-state index >= 15 is 0 Å². The molecule has 0 saturated heterocycles. The molecule has 2 heterocycles. The van der Waals surface area contributed by atoms with Gasteiger partial charge in [-0.05, 0) is 30.9 Å². The van der Waals surface area contributed by atoms with Crippen LogP contribution in [0.3, 0.4) is 0 Å². The summed E-state index contributed by atoms with van der Waals surface area (Å²) >= 11 is 6.02. The molecule has 1 unspecified atom stereocenters. The van der Waals surface area contributed by atoms with Gasteiger partial charge in [0.15, 0.2) is 5.69 Å². The highest BCUT2D eigenvalue weighted by Crippen LogP contribution is 2.30. The lowest BCUT2D eigenvalue weighted by molar-refractivity contribution is 0.0689. The van der Waals surface area contributed by atoms with Crippen LogP contribution in [-0.4, -0.2) is 20.6 Å². The molecule has 0 spiro atoms. The van der Waals surface area contributed by atoms with Crippen molar-refractivity contribution in [1.82, 2.24) is 9.55 Å². The van der Waals surface area contributed by atoms with E-state index in [4.69, 9.17) is 11.6 Å². The van der Waals surface area contributed by atoms with Crippen molar-refractivity contribution in [2.24, 2.45) is 5.92 Å². The minimum Gasteiger partial charge on any atom is -0.476 e. The lowest BCUT2D eigenvalue weighted by Crippen LogP contribution is -2.19. The number of hydrogen-bond acceptors (Lipinski definition) is 2. The zero-order valence-corrected chi connectivity index (χ0v) is 11.9. The Bertz CT molecular complexity index is 679. The first-order valence-electron chi connectivity index (χ1n) is 6.65. The Balaban J connectivity index is 2.17. The summed E-state index contributed by atoms with van der Waals surface area (Å²) in [5, 5.41) is 9.97. The van der Waals surface area contributed by atoms with E-state index in [9.17, 15) is 9.90 Å². The van der Waals surface area contributed by atoms with Gasteiger partial charge >= 0.3 is 5.97 Å². The normalized spacial score (nSPS) is 17.8. The Morgan fingerprint density at radius 2 is 2.30 bits per heavy atom. The van der Waals surface area contributed by atoms with Gasteiger partial charge in [-0.3, -0.25) is 0 Å². The monoisotopic (exact) mass is 290 g/mol. The number of halogens is 1. The van der Waals surface area contributed by atoms with Crippen molar-refractivity contribution in [3.05, 3.63) is 40.7 Å². The summed E-state index contributed by atoms with van der Waals surface area (Å²) in [7, 11) is 0. The summed E-state index contributed by atoms with van der Waals surface area (Å²) in [6.07, 6.45) is 1.80. The molecule has 1 N–H and O–H groups in total. The number of benzene rings is 1. The number of fused-ring (bicyclic) bond motifs is 1. The van der Waals surface area contributed by atoms with Crippen LogP contribution in [0.4, 0.5) is 0 Å². The van der Waals surface area contributed by atoms with Crippen LogP contribution in [-0.2, 0) is 13.0 Å². The van der Waals surface area contributed by atoms with Crippen LogP contribution >= 0.6 is 11.6 Å². The van der Waals surface area contributed by atoms with Crippen LogP contribution in [0.15, 0.2) is 24.3 Å². The molecule has 1 atom stereocenters. The zero-order valence-electron chi connectivity index (χ0n) is 11.1. The first-order chi connectivity index (χ1) is 9.56. The number of aromatic nitrogens is 2. The van der Waals surface area contributed by atoms with Gasteiger partial charge in [0.05, 0.1) is 5.69 Å². The molecular formula is C15H15ClN2O2. The van der Waals surface area contributed by atoms with Gasteiger partial charge in [0.2, 0.25) is 0 Å². The molecule has 3 rings (SSSR count). The van der Waals surface area contributed by atoms with E-state index < -0.39 is 5.97 Å². The van der Waals surface area contributed by atoms with E-state index in [1.54, 1.807) is 6.07 Å². The predicted octanol–water partition coefficient (Wildman–Crippen LogP) is 3.48. The van der Waals surface area contributed by atoms with Gasteiger partial charge in [-0.1, -0.05) is 30.7 Å². The summed E-state index contributed by atoms with van der Waals surface area (Å²) in [5.41, 5.74) is 1.86. The Kier molecular flexibility index (Phi) is 3.26. The van der Waals surface area contributed by atoms with Gasteiger partial charge in [0.25, 0.3) is 0 Å². The SMILES string of the molecule is CC1CCn2c(-c3cccc(Cl)c3)nc(C(=O)O)c2C1. The Morgan fingerprint density at radius 3 is 3.00 bits per heavy atom. The van der Waals surface area contributed by atoms with Crippen LogP contribution < -0.4 is 0 Å². The highest BCUT2D eigenvalue weighted by atomic mass is 35.5. The summed E-state index contributed by atoms with van der Waals surface area (Å²) in [6, 6.07) is 7.38. The van der Waals surface area contributed by atoms with Crippen molar-refractivity contribution in [1.29, 1.82) is 0 Å². The Labute approximate surface area is 122 Å². The summed E-state index contributed by atoms with van der Waals surface area (Å²) in [6.45, 7) is 2.94. The Hall–Kier alpha value is -1.81. The highest BCUT2D eigenvalue weighted by molar-refractivity contribution is 6.30. The smallest absolute Gasteiger partial charge is 0.356 e. The number of rotatable bonds is 2. The molecule has 1 aliphatic rings. The van der Waals surface area contributed by atoms with Crippen molar-refractivity contribution in [2.75, 3.05) is 0 Å². The van der Waals surface area contributed by atoms with Crippen LogP contribution in [0.2, 0.25) is 5.02 Å². The third-order valence-corrected chi connectivity index (χ3v) is 3.98. The minimum atomic E-state index is -0.962. The molecule has 0 aliphatic carbocycles. The molecule has 0 bridgehead atoms. The number of aromatic carboxylic acids is 1. The quantitative estimate of drug-likeness (QED) is 0.921. The van der Waals surface area contributed by atoms with Gasteiger partial charge in [-0.2, -0.15) is 0 Å². The second kappa shape index (κ2) is 4.94. The van der Waals surface area contributed by atoms with Gasteiger partial charge < -0.3 is 9.67 Å². The number of nitrogens with zero attached hydrogens (tertiary/aromatic N) is 2. The topological polar surface area (TPSA) is 55.1 Å². The number of imidazole rings is 1. The molecule has 4 nitrogen and oxygen atoms in total. The van der Waals surface area contributed by atoms with Gasteiger partial charge in [0, 0.05) is 17.1 Å². The molecule has 2 aromatic rings. The molecule has 5 heteroatoms. The maximum atomic E-state index is 11.4. The molecule has 1 aliphatic heterocycles. The fourth-order valence-corrected chi connectivity index (χ4v) is 2.93. The summed E-state index contributed by atoms with van der Waals surface area (Å²) in [4.78, 5) is 15.7. The summed E-state index contributed by atoms with van der Waals surface area (Å²) in [5.74, 6) is 0.229. The predicted molar refractivity (Wildman–Crippen MR) is 77.1 cm³/mol. The third-order valence-electron chi connectivity index (χ3n) is 3.75. The van der Waals surface area contributed by atoms with E-state index in [1.165, 1.54) is 0 Å². The number of carbonyl (C=O) groups is 1. The average molecular weight is 291 g/mol. The van der Waals surface area contributed by atoms with E-state index in [-0.39, 0.29) is 5.69 Å². The van der Waals surface area contributed by atoms with Crippen molar-refractivity contribution >= 4 is 17.6 Å². The third kappa shape index (κ3) is 2.20. The molecule has 104 valence electrons. The van der Waals surface area contributed by atoms with E-state index in [0.717, 1.165) is 30.6 Å². The van der Waals surface area contributed by atoms with Crippen molar-refractivity contribution < 1.29 is 9.90 Å². The molecule has 20 heavy (non-hydrogen) atoms. The van der Waals surface area contributed by atoms with E-state index in [2.05, 4.69) is 11.9 Å². The molecular weight excluding hydrogens is 276 g/mol. The molecule has 1 aromatic carbocycles. The second-order valence-electron chi connectivity index (χ2n) is 5.30. The fraction of sp³-hybridized carbons (Fsp3) is 0.333. The fourth-order valence-electron chi connectivity index (χ4n) is 2.74. The maximum absolute atomic E-state index is 11.4. The van der Waals surface area contributed by atoms with Crippen molar-refractivity contribution in [3.8, 4) is 11.4 Å². The van der Waals surface area contributed by atoms with E-state index in [0.29, 0.717) is 16.8 Å². The molecule has 0 amide bonds. The molecule has 0 radical (unpaired) electrons. The zero-order chi connectivity index (χ0) is 14.3. The molecule has 1 aromatic heterocycles. The molecule has 0 saturated carbocycles. The lowest BCUT2D eigenvalue weighted by atomic mass is 9.97. The van der Waals surface area contributed by atoms with Crippen LogP contribution in [0.1, 0.15) is 29.5 Å². The van der Waals surface area contributed by atoms with Crippen molar-refractivity contribution in [2.45, 2.75) is 26.3 Å². The van der Waals surface area contributed by atoms with Gasteiger partial charge in [0.1, 0.15) is 5.82 Å². The van der Waals surface area contributed by atoms with Crippen LogP contribution in [0, 0.1) is 5.92 Å². The Morgan fingerprint density at radius 1 is 1.50 bits per heavy atom. The first kappa shape index (κ1) is 13.2. The van der Waals surface area contributed by atoms with Crippen LogP contribution in [0.5, 0.6) is 0 Å². The minimum absolute atomic E-state index is 0.173. The largest absolute Gasteiger partial charge is 0.476 e. The lowest BCUT2D eigenvalue weighted by Gasteiger charge is -2.22. The number of carboxylic acid groups (broad SMARTS) is 1. The second-order valence-corrected chi connectivity index (χ2v) is 5.73. The van der Waals surface area contributed by atoms with E-state index in [1.807, 2.05) is 22.8 Å². The number of carboxylic acids is 1. The van der Waals surface area contributed by atoms with Crippen molar-refractivity contribution in [3.63, 3.8) is 0 Å². The highest BCUT2D eigenvalue weighted by Gasteiger charge is 2.27. The van der Waals surface area contributed by atoms with Gasteiger partial charge in [-0.15, -0.1) is 0 Å². The first-order valence-corrected chi connectivity index (χ1v) is 7.02. The number of hydrogen-bond donors (Lipinski definition) is 1.